The first-order valence-corrected chi connectivity index (χ1v) is 7.14. The van der Waals surface area contributed by atoms with Crippen LogP contribution in [0.4, 0.5) is 0 Å². The number of pyridine rings is 1. The lowest BCUT2D eigenvalue weighted by Crippen LogP contribution is -2.20. The fourth-order valence-corrected chi connectivity index (χ4v) is 2.07. The predicted octanol–water partition coefficient (Wildman–Crippen LogP) is 1.62. The van der Waals surface area contributed by atoms with E-state index in [1.165, 1.54) is 0 Å². The molecule has 102 valence electrons. The van der Waals surface area contributed by atoms with Crippen LogP contribution in [0.1, 0.15) is 13.3 Å². The lowest BCUT2D eigenvalue weighted by Gasteiger charge is -2.12. The number of hydrogen-bond donors (Lipinski definition) is 0. The van der Waals surface area contributed by atoms with Crippen molar-refractivity contribution in [3.63, 3.8) is 0 Å². The van der Waals surface area contributed by atoms with Gasteiger partial charge in [-0.15, -0.1) is 0 Å². The number of aromatic nitrogens is 2. The average molecular weight is 279 g/mol. The van der Waals surface area contributed by atoms with E-state index in [-0.39, 0.29) is 11.9 Å². The largest absolute Gasteiger partial charge is 0.465 e. The Hall–Kier alpha value is -1.49. The van der Waals surface area contributed by atoms with E-state index in [4.69, 9.17) is 4.74 Å². The molecule has 1 atom stereocenters. The molecule has 0 spiro atoms. The summed E-state index contributed by atoms with van der Waals surface area (Å²) < 4.78 is 7.19. The highest BCUT2D eigenvalue weighted by Crippen LogP contribution is 2.14. The van der Waals surface area contributed by atoms with Gasteiger partial charge in [0.25, 0.3) is 0 Å². The number of carbonyl (C=O) groups is 1. The van der Waals surface area contributed by atoms with E-state index in [2.05, 4.69) is 17.6 Å². The van der Waals surface area contributed by atoms with Gasteiger partial charge in [0.2, 0.25) is 0 Å². The number of ether oxygens (including phenoxy) is 1. The van der Waals surface area contributed by atoms with E-state index in [0.29, 0.717) is 13.2 Å². The SMILES string of the molecule is CC(Cn1ccc2cccnc21)C(=O)OCCC[SH2+]. The molecule has 2 aromatic heterocycles. The molecule has 5 heteroatoms. The number of fused-ring (bicyclic) bond motifs is 1. The Balaban J connectivity index is 1.98. The van der Waals surface area contributed by atoms with Crippen molar-refractivity contribution in [1.29, 1.82) is 0 Å². The van der Waals surface area contributed by atoms with E-state index >= 15 is 0 Å². The summed E-state index contributed by atoms with van der Waals surface area (Å²) in [5.74, 6) is 0.513. The Morgan fingerprint density at radius 2 is 2.37 bits per heavy atom. The Bertz CT molecular complexity index is 553. The maximum Gasteiger partial charge on any atom is 0.310 e. The van der Waals surface area contributed by atoms with Crippen LogP contribution in [-0.2, 0) is 28.7 Å². The summed E-state index contributed by atoms with van der Waals surface area (Å²) in [7, 11) is 0. The van der Waals surface area contributed by atoms with Gasteiger partial charge in [-0.3, -0.25) is 4.79 Å². The van der Waals surface area contributed by atoms with Gasteiger partial charge in [-0.2, -0.15) is 0 Å². The Kier molecular flexibility index (Phi) is 4.85. The van der Waals surface area contributed by atoms with Gasteiger partial charge in [-0.05, 0) is 30.8 Å². The first-order chi connectivity index (χ1) is 9.22. The average Bonchev–Trinajstić information content (AvgIpc) is 2.82. The molecule has 0 aliphatic rings. The van der Waals surface area contributed by atoms with Gasteiger partial charge in [0.15, 0.2) is 0 Å². The van der Waals surface area contributed by atoms with Gasteiger partial charge < -0.3 is 9.30 Å². The summed E-state index contributed by atoms with van der Waals surface area (Å²) in [6.45, 7) is 2.94. The third kappa shape index (κ3) is 3.50. The summed E-state index contributed by atoms with van der Waals surface area (Å²) in [6.07, 6.45) is 4.56. The van der Waals surface area contributed by atoms with Gasteiger partial charge in [0.1, 0.15) is 11.4 Å². The van der Waals surface area contributed by atoms with Gasteiger partial charge in [0, 0.05) is 30.7 Å². The molecule has 0 fully saturated rings. The van der Waals surface area contributed by atoms with Crippen LogP contribution in [0.3, 0.4) is 0 Å². The molecular weight excluding hydrogens is 260 g/mol. The van der Waals surface area contributed by atoms with Crippen molar-refractivity contribution in [2.45, 2.75) is 19.9 Å². The van der Waals surface area contributed by atoms with Crippen molar-refractivity contribution < 1.29 is 9.53 Å². The summed E-state index contributed by atoms with van der Waals surface area (Å²) >= 11 is 3.35. The van der Waals surface area contributed by atoms with E-state index in [1.807, 2.05) is 35.9 Å². The van der Waals surface area contributed by atoms with E-state index in [1.54, 1.807) is 6.20 Å². The van der Waals surface area contributed by atoms with Crippen molar-refractivity contribution in [1.82, 2.24) is 9.55 Å². The van der Waals surface area contributed by atoms with Crippen molar-refractivity contribution >= 4 is 29.6 Å². The zero-order valence-corrected chi connectivity index (χ0v) is 12.0. The summed E-state index contributed by atoms with van der Waals surface area (Å²) in [4.78, 5) is 16.1. The van der Waals surface area contributed by atoms with Gasteiger partial charge >= 0.3 is 5.97 Å². The fraction of sp³-hybridized carbons (Fsp3) is 0.429. The van der Waals surface area contributed by atoms with Crippen LogP contribution in [-0.4, -0.2) is 27.9 Å². The van der Waals surface area contributed by atoms with Crippen LogP contribution in [0, 0.1) is 5.92 Å². The molecule has 2 aromatic rings. The molecule has 0 saturated heterocycles. The molecule has 4 nitrogen and oxygen atoms in total. The van der Waals surface area contributed by atoms with Crippen molar-refractivity contribution in [2.75, 3.05) is 12.4 Å². The number of esters is 1. The summed E-state index contributed by atoms with van der Waals surface area (Å²) in [5, 5.41) is 1.09. The number of nitrogens with zero attached hydrogens (tertiary/aromatic N) is 2. The van der Waals surface area contributed by atoms with E-state index in [9.17, 15) is 4.79 Å². The predicted molar refractivity (Wildman–Crippen MR) is 79.5 cm³/mol. The maximum atomic E-state index is 11.8. The first-order valence-electron chi connectivity index (χ1n) is 6.43. The highest BCUT2D eigenvalue weighted by molar-refractivity contribution is 7.58. The Labute approximate surface area is 118 Å². The number of hydrogen-bond acceptors (Lipinski definition) is 3. The number of carbonyl (C=O) groups excluding carboxylic acids is 1. The molecule has 2 rings (SSSR count). The maximum absolute atomic E-state index is 11.8. The third-order valence-electron chi connectivity index (χ3n) is 2.96. The minimum atomic E-state index is -0.174. The van der Waals surface area contributed by atoms with Crippen LogP contribution in [0.25, 0.3) is 11.0 Å². The molecule has 0 saturated carbocycles. The Morgan fingerprint density at radius 1 is 1.53 bits per heavy atom. The zero-order valence-electron chi connectivity index (χ0n) is 11.0. The van der Waals surface area contributed by atoms with Crippen molar-refractivity contribution in [3.05, 3.63) is 30.6 Å². The normalized spacial score (nSPS) is 12.5. The van der Waals surface area contributed by atoms with Gasteiger partial charge in [-0.1, -0.05) is 6.92 Å². The molecule has 1 unspecified atom stereocenters. The van der Waals surface area contributed by atoms with Crippen LogP contribution in [0.5, 0.6) is 0 Å². The summed E-state index contributed by atoms with van der Waals surface area (Å²) in [5.41, 5.74) is 0.905. The van der Waals surface area contributed by atoms with Crippen LogP contribution < -0.4 is 0 Å². The van der Waals surface area contributed by atoms with E-state index in [0.717, 1.165) is 23.2 Å². The standard InChI is InChI=1S/C14H18N2O2S/c1-11(14(17)18-8-3-9-19)10-16-7-5-12-4-2-6-15-13(12)16/h2,4-7,11,19H,3,8-10H2,1H3/p+1. The monoisotopic (exact) mass is 279 g/mol. The molecule has 19 heavy (non-hydrogen) atoms. The Morgan fingerprint density at radius 3 is 3.16 bits per heavy atom. The topological polar surface area (TPSA) is 44.1 Å². The first kappa shape index (κ1) is 13.9. The highest BCUT2D eigenvalue weighted by Gasteiger charge is 2.16. The molecule has 0 radical (unpaired) electrons. The van der Waals surface area contributed by atoms with Crippen molar-refractivity contribution in [2.24, 2.45) is 5.92 Å². The summed E-state index contributed by atoms with van der Waals surface area (Å²) in [6, 6.07) is 5.92. The third-order valence-corrected chi connectivity index (χ3v) is 3.31. The molecule has 0 N–H and O–H groups in total. The molecule has 0 aliphatic carbocycles. The number of rotatable bonds is 6. The molecule has 2 heterocycles. The quantitative estimate of drug-likeness (QED) is 0.458. The minimum Gasteiger partial charge on any atom is -0.465 e. The lowest BCUT2D eigenvalue weighted by atomic mass is 10.2. The van der Waals surface area contributed by atoms with Crippen LogP contribution >= 0.6 is 0 Å². The lowest BCUT2D eigenvalue weighted by molar-refractivity contribution is -0.148. The van der Waals surface area contributed by atoms with E-state index < -0.39 is 0 Å². The molecule has 0 aromatic carbocycles. The molecule has 0 bridgehead atoms. The fourth-order valence-electron chi connectivity index (χ4n) is 1.92. The molecule has 0 aliphatic heterocycles. The van der Waals surface area contributed by atoms with Gasteiger partial charge in [0.05, 0.1) is 12.5 Å². The molecule has 0 amide bonds. The second kappa shape index (κ2) is 6.61. The zero-order chi connectivity index (χ0) is 13.7. The van der Waals surface area contributed by atoms with Crippen LogP contribution in [0.2, 0.25) is 0 Å². The van der Waals surface area contributed by atoms with Crippen molar-refractivity contribution in [3.8, 4) is 0 Å². The molecular formula is C14H19N2O2S+. The minimum absolute atomic E-state index is 0.155. The second-order valence-electron chi connectivity index (χ2n) is 4.56. The second-order valence-corrected chi connectivity index (χ2v) is 5.06. The smallest absolute Gasteiger partial charge is 0.310 e. The van der Waals surface area contributed by atoms with Gasteiger partial charge in [-0.25, -0.2) is 4.98 Å². The van der Waals surface area contributed by atoms with Crippen LogP contribution in [0.15, 0.2) is 30.6 Å². The highest BCUT2D eigenvalue weighted by atomic mass is 32.1.